The van der Waals surface area contributed by atoms with Crippen LogP contribution in [0.4, 0.5) is 0 Å². The van der Waals surface area contributed by atoms with Crippen LogP contribution in [0.5, 0.6) is 5.75 Å². The van der Waals surface area contributed by atoms with Crippen molar-refractivity contribution in [1.29, 1.82) is 0 Å². The van der Waals surface area contributed by atoms with Gasteiger partial charge in [-0.05, 0) is 28.8 Å². The molecule has 0 aromatic heterocycles. The minimum Gasteiger partial charge on any atom is -0.497 e. The summed E-state index contributed by atoms with van der Waals surface area (Å²) in [7, 11) is 1.61. The number of hydrogen-bond acceptors (Lipinski definition) is 7. The summed E-state index contributed by atoms with van der Waals surface area (Å²) in [5, 5.41) is 21.9. The third-order valence-corrected chi connectivity index (χ3v) is 5.92. The SMILES string of the molecule is COc1ccc(CO[C@H]2[C@@H](O)[C@@H](COCc3ccccc3)O[C@H](O)[C@@H]2OCc2ccccc2)cc1. The lowest BCUT2D eigenvalue weighted by Crippen LogP contribution is -2.60. The largest absolute Gasteiger partial charge is 0.497 e. The lowest BCUT2D eigenvalue weighted by Gasteiger charge is -2.42. The fourth-order valence-electron chi connectivity index (χ4n) is 3.96. The van der Waals surface area contributed by atoms with Gasteiger partial charge in [-0.3, -0.25) is 0 Å². The lowest BCUT2D eigenvalue weighted by molar-refractivity contribution is -0.309. The number of hydrogen-bond donors (Lipinski definition) is 2. The highest BCUT2D eigenvalue weighted by atomic mass is 16.7. The van der Waals surface area contributed by atoms with Gasteiger partial charge in [0.15, 0.2) is 6.29 Å². The molecule has 2 N–H and O–H groups in total. The van der Waals surface area contributed by atoms with Gasteiger partial charge in [0.2, 0.25) is 0 Å². The Kier molecular flexibility index (Phi) is 9.25. The molecule has 5 atom stereocenters. The first-order valence-corrected chi connectivity index (χ1v) is 11.7. The van der Waals surface area contributed by atoms with Gasteiger partial charge in [-0.25, -0.2) is 0 Å². The average Bonchev–Trinajstić information content (AvgIpc) is 2.90. The molecule has 35 heavy (non-hydrogen) atoms. The molecule has 7 nitrogen and oxygen atoms in total. The van der Waals surface area contributed by atoms with Crippen LogP contribution in [0.2, 0.25) is 0 Å². The van der Waals surface area contributed by atoms with Gasteiger partial charge in [-0.2, -0.15) is 0 Å². The Morgan fingerprint density at radius 1 is 0.686 bits per heavy atom. The highest BCUT2D eigenvalue weighted by Gasteiger charge is 2.46. The molecule has 7 heteroatoms. The Morgan fingerprint density at radius 3 is 1.83 bits per heavy atom. The predicted molar refractivity (Wildman–Crippen MR) is 130 cm³/mol. The molecule has 1 aliphatic rings. The van der Waals surface area contributed by atoms with E-state index in [2.05, 4.69) is 0 Å². The number of aliphatic hydroxyl groups excluding tert-OH is 2. The molecule has 1 fully saturated rings. The van der Waals surface area contributed by atoms with Crippen molar-refractivity contribution in [1.82, 2.24) is 0 Å². The van der Waals surface area contributed by atoms with Crippen molar-refractivity contribution in [3.8, 4) is 5.75 Å². The van der Waals surface area contributed by atoms with E-state index in [0.717, 1.165) is 22.4 Å². The van der Waals surface area contributed by atoms with Gasteiger partial charge in [0.1, 0.15) is 30.2 Å². The van der Waals surface area contributed by atoms with E-state index in [-0.39, 0.29) is 19.8 Å². The first-order chi connectivity index (χ1) is 17.1. The van der Waals surface area contributed by atoms with Gasteiger partial charge in [-0.15, -0.1) is 0 Å². The minimum absolute atomic E-state index is 0.0981. The summed E-state index contributed by atoms with van der Waals surface area (Å²) < 4.78 is 28.8. The Hall–Kier alpha value is -2.78. The Bertz CT molecular complexity index is 997. The molecule has 0 unspecified atom stereocenters. The predicted octanol–water partition coefficient (Wildman–Crippen LogP) is 3.46. The quantitative estimate of drug-likeness (QED) is 0.435. The smallest absolute Gasteiger partial charge is 0.184 e. The number of rotatable bonds is 11. The average molecular weight is 481 g/mol. The van der Waals surface area contributed by atoms with E-state index in [1.807, 2.05) is 84.9 Å². The van der Waals surface area contributed by atoms with E-state index >= 15 is 0 Å². The fourth-order valence-corrected chi connectivity index (χ4v) is 3.96. The van der Waals surface area contributed by atoms with E-state index < -0.39 is 30.7 Å². The molecule has 0 amide bonds. The van der Waals surface area contributed by atoms with Crippen LogP contribution in [0.15, 0.2) is 84.9 Å². The second-order valence-electron chi connectivity index (χ2n) is 8.44. The van der Waals surface area contributed by atoms with Crippen molar-refractivity contribution >= 4 is 0 Å². The first kappa shape index (κ1) is 25.3. The van der Waals surface area contributed by atoms with Gasteiger partial charge >= 0.3 is 0 Å². The molecule has 0 aliphatic carbocycles. The topological polar surface area (TPSA) is 86.6 Å². The Labute approximate surface area is 205 Å². The van der Waals surface area contributed by atoms with Crippen LogP contribution in [0.1, 0.15) is 16.7 Å². The second-order valence-corrected chi connectivity index (χ2v) is 8.44. The second kappa shape index (κ2) is 12.8. The molecule has 0 radical (unpaired) electrons. The monoisotopic (exact) mass is 480 g/mol. The summed E-state index contributed by atoms with van der Waals surface area (Å²) in [5.41, 5.74) is 2.85. The van der Waals surface area contributed by atoms with E-state index in [4.69, 9.17) is 23.7 Å². The minimum atomic E-state index is -1.28. The highest BCUT2D eigenvalue weighted by Crippen LogP contribution is 2.27. The molecular weight excluding hydrogens is 448 g/mol. The third-order valence-electron chi connectivity index (χ3n) is 5.92. The molecule has 3 aromatic rings. The summed E-state index contributed by atoms with van der Waals surface area (Å²) in [6.45, 7) is 0.938. The van der Waals surface area contributed by atoms with Crippen molar-refractivity contribution < 1.29 is 33.9 Å². The molecule has 4 rings (SSSR count). The third kappa shape index (κ3) is 7.11. The van der Waals surface area contributed by atoms with Gasteiger partial charge in [0, 0.05) is 0 Å². The number of ether oxygens (including phenoxy) is 5. The maximum Gasteiger partial charge on any atom is 0.184 e. The van der Waals surface area contributed by atoms with Gasteiger partial charge < -0.3 is 33.9 Å². The Morgan fingerprint density at radius 2 is 1.23 bits per heavy atom. The fraction of sp³-hybridized carbons (Fsp3) is 0.357. The van der Waals surface area contributed by atoms with E-state index in [1.54, 1.807) is 7.11 Å². The van der Waals surface area contributed by atoms with Gasteiger partial charge in [-0.1, -0.05) is 72.8 Å². The summed E-state index contributed by atoms with van der Waals surface area (Å²) >= 11 is 0. The summed E-state index contributed by atoms with van der Waals surface area (Å²) in [6, 6.07) is 26.8. The molecule has 0 bridgehead atoms. The summed E-state index contributed by atoms with van der Waals surface area (Å²) in [5.74, 6) is 0.745. The summed E-state index contributed by atoms with van der Waals surface area (Å²) in [4.78, 5) is 0. The number of methoxy groups -OCH3 is 1. The Balaban J connectivity index is 1.42. The zero-order valence-electron chi connectivity index (χ0n) is 19.7. The van der Waals surface area contributed by atoms with Crippen LogP contribution in [-0.4, -0.2) is 54.6 Å². The molecule has 186 valence electrons. The standard InChI is InChI=1S/C28H32O7/c1-31-23-14-12-22(13-15-23)18-33-26-25(29)24(19-32-16-20-8-4-2-5-9-20)35-28(30)27(26)34-17-21-10-6-3-7-11-21/h2-15,24-30H,16-19H2,1H3/t24-,25+,26+,27-,28+/m1/s1. The maximum atomic E-state index is 11.1. The zero-order valence-corrected chi connectivity index (χ0v) is 19.7. The van der Waals surface area contributed by atoms with Crippen molar-refractivity contribution in [2.24, 2.45) is 0 Å². The molecule has 0 saturated carbocycles. The van der Waals surface area contributed by atoms with Crippen molar-refractivity contribution in [3.05, 3.63) is 102 Å². The van der Waals surface area contributed by atoms with E-state index in [0.29, 0.717) is 6.61 Å². The normalized spacial score (nSPS) is 24.3. The maximum absolute atomic E-state index is 11.1. The van der Waals surface area contributed by atoms with Gasteiger partial charge in [0.25, 0.3) is 0 Å². The van der Waals surface area contributed by atoms with Crippen molar-refractivity contribution in [2.75, 3.05) is 13.7 Å². The summed E-state index contributed by atoms with van der Waals surface area (Å²) in [6.07, 6.45) is -4.82. The number of benzene rings is 3. The van der Waals surface area contributed by atoms with E-state index in [9.17, 15) is 10.2 Å². The van der Waals surface area contributed by atoms with Crippen LogP contribution in [-0.2, 0) is 38.8 Å². The first-order valence-electron chi connectivity index (χ1n) is 11.7. The van der Waals surface area contributed by atoms with E-state index in [1.165, 1.54) is 0 Å². The van der Waals surface area contributed by atoms with Crippen LogP contribution in [0, 0.1) is 0 Å². The molecule has 1 saturated heterocycles. The molecular formula is C28H32O7. The van der Waals surface area contributed by atoms with Gasteiger partial charge in [0.05, 0.1) is 33.5 Å². The molecule has 0 spiro atoms. The molecule has 1 aliphatic heterocycles. The lowest BCUT2D eigenvalue weighted by atomic mass is 9.98. The van der Waals surface area contributed by atoms with Crippen LogP contribution in [0.25, 0.3) is 0 Å². The number of aliphatic hydroxyl groups is 2. The van der Waals surface area contributed by atoms with Crippen molar-refractivity contribution in [2.45, 2.75) is 50.5 Å². The molecule has 3 aromatic carbocycles. The van der Waals surface area contributed by atoms with Crippen LogP contribution < -0.4 is 4.74 Å². The molecule has 1 heterocycles. The van der Waals surface area contributed by atoms with Crippen LogP contribution >= 0.6 is 0 Å². The zero-order chi connectivity index (χ0) is 24.5. The van der Waals surface area contributed by atoms with Crippen LogP contribution in [0.3, 0.4) is 0 Å². The highest BCUT2D eigenvalue weighted by molar-refractivity contribution is 5.26. The van der Waals surface area contributed by atoms with Crippen molar-refractivity contribution in [3.63, 3.8) is 0 Å².